The lowest BCUT2D eigenvalue weighted by Crippen LogP contribution is -2.58. The molecule has 2 fully saturated rings. The van der Waals surface area contributed by atoms with E-state index in [9.17, 15) is 0 Å². The van der Waals surface area contributed by atoms with Crippen molar-refractivity contribution >= 4 is 0 Å². The predicted octanol–water partition coefficient (Wildman–Crippen LogP) is 3.60. The monoisotopic (exact) mass is 272 g/mol. The largest absolute Gasteiger partial charge is 0.309 e. The van der Waals surface area contributed by atoms with Crippen LogP contribution in [0.4, 0.5) is 0 Å². The molecule has 1 N–H and O–H groups in total. The summed E-state index contributed by atoms with van der Waals surface area (Å²) in [6.07, 6.45) is 5.76. The van der Waals surface area contributed by atoms with Gasteiger partial charge in [-0.2, -0.15) is 0 Å². The van der Waals surface area contributed by atoms with Crippen molar-refractivity contribution in [3.8, 4) is 0 Å². The second-order valence-electron chi connectivity index (χ2n) is 7.25. The van der Waals surface area contributed by atoms with Gasteiger partial charge in [-0.3, -0.25) is 4.90 Å². The molecule has 1 heterocycles. The van der Waals surface area contributed by atoms with Crippen LogP contribution in [0.25, 0.3) is 0 Å². The molecular formula is C18H28N2. The van der Waals surface area contributed by atoms with E-state index in [4.69, 9.17) is 0 Å². The molecule has 1 aliphatic carbocycles. The van der Waals surface area contributed by atoms with Gasteiger partial charge >= 0.3 is 0 Å². The molecule has 0 bridgehead atoms. The van der Waals surface area contributed by atoms with Gasteiger partial charge in [0.05, 0.1) is 0 Å². The van der Waals surface area contributed by atoms with Crippen LogP contribution < -0.4 is 5.32 Å². The summed E-state index contributed by atoms with van der Waals surface area (Å²) in [4.78, 5) is 2.70. The van der Waals surface area contributed by atoms with Gasteiger partial charge < -0.3 is 5.32 Å². The molecule has 2 aliphatic rings. The molecule has 1 aliphatic heterocycles. The van der Waals surface area contributed by atoms with Gasteiger partial charge in [0.1, 0.15) is 0 Å². The summed E-state index contributed by atoms with van der Waals surface area (Å²) in [7, 11) is 0. The fourth-order valence-electron chi connectivity index (χ4n) is 3.40. The van der Waals surface area contributed by atoms with E-state index >= 15 is 0 Å². The number of nitrogens with zero attached hydrogens (tertiary/aromatic N) is 1. The van der Waals surface area contributed by atoms with Gasteiger partial charge in [-0.1, -0.05) is 43.2 Å². The molecular weight excluding hydrogens is 244 g/mol. The average Bonchev–Trinajstić information content (AvgIpc) is 3.23. The second-order valence-corrected chi connectivity index (χ2v) is 7.25. The molecule has 2 heteroatoms. The molecule has 1 atom stereocenters. The lowest BCUT2D eigenvalue weighted by Gasteiger charge is -2.45. The van der Waals surface area contributed by atoms with Crippen molar-refractivity contribution in [1.29, 1.82) is 0 Å². The van der Waals surface area contributed by atoms with Crippen LogP contribution in [-0.2, 0) is 0 Å². The molecule has 110 valence electrons. The first kappa shape index (κ1) is 14.1. The third kappa shape index (κ3) is 3.62. The molecule has 20 heavy (non-hydrogen) atoms. The molecule has 0 radical (unpaired) electrons. The normalized spacial score (nSPS) is 26.6. The fraction of sp³-hybridized carbons (Fsp3) is 0.667. The Morgan fingerprint density at radius 2 is 1.95 bits per heavy atom. The van der Waals surface area contributed by atoms with E-state index in [2.05, 4.69) is 54.4 Å². The van der Waals surface area contributed by atoms with Crippen LogP contribution in [-0.4, -0.2) is 30.1 Å². The number of hydrogen-bond donors (Lipinski definition) is 1. The Morgan fingerprint density at radius 3 is 2.65 bits per heavy atom. The Hall–Kier alpha value is -0.860. The zero-order chi connectivity index (χ0) is 14.0. The maximum Gasteiger partial charge on any atom is 0.0473 e. The van der Waals surface area contributed by atoms with Crippen LogP contribution in [0.15, 0.2) is 30.3 Å². The topological polar surface area (TPSA) is 15.3 Å². The molecule has 0 amide bonds. The molecule has 1 aromatic rings. The van der Waals surface area contributed by atoms with Gasteiger partial charge in [-0.15, -0.1) is 0 Å². The zero-order valence-corrected chi connectivity index (χ0v) is 12.9. The summed E-state index contributed by atoms with van der Waals surface area (Å²) in [5, 5.41) is 3.71. The second kappa shape index (κ2) is 5.87. The van der Waals surface area contributed by atoms with Crippen LogP contribution in [0.1, 0.15) is 51.1 Å². The Bertz CT molecular complexity index is 422. The van der Waals surface area contributed by atoms with Crippen LogP contribution in [0, 0.1) is 5.92 Å². The highest BCUT2D eigenvalue weighted by Crippen LogP contribution is 2.34. The number of hydrogen-bond acceptors (Lipinski definition) is 2. The summed E-state index contributed by atoms with van der Waals surface area (Å²) < 4.78 is 0. The SMILES string of the molecule is CC1(C)CN(CCCC2CC2)C(c2ccccc2)CN1. The van der Waals surface area contributed by atoms with Crippen molar-refractivity contribution < 1.29 is 0 Å². The highest BCUT2D eigenvalue weighted by atomic mass is 15.2. The first-order valence-electron chi connectivity index (χ1n) is 8.18. The third-order valence-corrected chi connectivity index (χ3v) is 4.75. The molecule has 0 aromatic heterocycles. The first-order chi connectivity index (χ1) is 9.64. The summed E-state index contributed by atoms with van der Waals surface area (Å²) in [6, 6.07) is 11.5. The predicted molar refractivity (Wildman–Crippen MR) is 84.8 cm³/mol. The van der Waals surface area contributed by atoms with Gasteiger partial charge in [0.25, 0.3) is 0 Å². The summed E-state index contributed by atoms with van der Waals surface area (Å²) >= 11 is 0. The zero-order valence-electron chi connectivity index (χ0n) is 12.9. The quantitative estimate of drug-likeness (QED) is 0.881. The van der Waals surface area contributed by atoms with Gasteiger partial charge in [-0.25, -0.2) is 0 Å². The molecule has 1 aromatic carbocycles. The molecule has 3 rings (SSSR count). The summed E-state index contributed by atoms with van der Waals surface area (Å²) in [6.45, 7) is 8.11. The maximum absolute atomic E-state index is 3.71. The van der Waals surface area contributed by atoms with Crippen LogP contribution in [0.3, 0.4) is 0 Å². The highest BCUT2D eigenvalue weighted by Gasteiger charge is 2.33. The molecule has 1 unspecified atom stereocenters. The lowest BCUT2D eigenvalue weighted by atomic mass is 9.94. The molecule has 1 saturated carbocycles. The number of rotatable bonds is 5. The Morgan fingerprint density at radius 1 is 1.20 bits per heavy atom. The number of piperazine rings is 1. The van der Waals surface area contributed by atoms with E-state index in [1.54, 1.807) is 0 Å². The van der Waals surface area contributed by atoms with Gasteiger partial charge in [-0.05, 0) is 44.7 Å². The third-order valence-electron chi connectivity index (χ3n) is 4.75. The summed E-state index contributed by atoms with van der Waals surface area (Å²) in [5.74, 6) is 1.06. The van der Waals surface area contributed by atoms with E-state index in [0.717, 1.165) is 19.0 Å². The van der Waals surface area contributed by atoms with Crippen molar-refractivity contribution in [3.63, 3.8) is 0 Å². The number of nitrogens with one attached hydrogen (secondary N) is 1. The molecule has 0 spiro atoms. The van der Waals surface area contributed by atoms with Crippen molar-refractivity contribution in [3.05, 3.63) is 35.9 Å². The van der Waals surface area contributed by atoms with E-state index in [1.165, 1.54) is 37.8 Å². The standard InChI is InChI=1S/C18H28N2/c1-18(2)14-20(12-6-7-15-10-11-15)17(13-19-18)16-8-4-3-5-9-16/h3-5,8-9,15,17,19H,6-7,10-14H2,1-2H3. The van der Waals surface area contributed by atoms with E-state index in [1.807, 2.05) is 0 Å². The number of benzene rings is 1. The average molecular weight is 272 g/mol. The van der Waals surface area contributed by atoms with Crippen molar-refractivity contribution in [2.75, 3.05) is 19.6 Å². The highest BCUT2D eigenvalue weighted by molar-refractivity contribution is 5.20. The first-order valence-corrected chi connectivity index (χ1v) is 8.18. The maximum atomic E-state index is 3.71. The minimum atomic E-state index is 0.241. The Labute approximate surface area is 123 Å². The van der Waals surface area contributed by atoms with Gasteiger partial charge in [0.15, 0.2) is 0 Å². The molecule has 1 saturated heterocycles. The summed E-state index contributed by atoms with van der Waals surface area (Å²) in [5.41, 5.74) is 1.70. The Balaban J connectivity index is 1.65. The minimum absolute atomic E-state index is 0.241. The molecule has 2 nitrogen and oxygen atoms in total. The van der Waals surface area contributed by atoms with Crippen LogP contribution in [0.2, 0.25) is 0 Å². The van der Waals surface area contributed by atoms with Gasteiger partial charge in [0.2, 0.25) is 0 Å². The van der Waals surface area contributed by atoms with E-state index < -0.39 is 0 Å². The van der Waals surface area contributed by atoms with E-state index in [-0.39, 0.29) is 5.54 Å². The Kier molecular flexibility index (Phi) is 4.13. The van der Waals surface area contributed by atoms with Crippen LogP contribution >= 0.6 is 0 Å². The smallest absolute Gasteiger partial charge is 0.0473 e. The van der Waals surface area contributed by atoms with Crippen molar-refractivity contribution in [2.24, 2.45) is 5.92 Å². The van der Waals surface area contributed by atoms with Crippen molar-refractivity contribution in [2.45, 2.75) is 51.1 Å². The minimum Gasteiger partial charge on any atom is -0.309 e. The van der Waals surface area contributed by atoms with Gasteiger partial charge in [0, 0.05) is 24.7 Å². The van der Waals surface area contributed by atoms with Crippen molar-refractivity contribution in [1.82, 2.24) is 10.2 Å². The lowest BCUT2D eigenvalue weighted by molar-refractivity contribution is 0.0928. The van der Waals surface area contributed by atoms with E-state index in [0.29, 0.717) is 6.04 Å². The fourth-order valence-corrected chi connectivity index (χ4v) is 3.40. The van der Waals surface area contributed by atoms with Crippen LogP contribution in [0.5, 0.6) is 0 Å².